The molecular formula is C21H19N5O2. The minimum absolute atomic E-state index is 0.270. The number of anilines is 2. The third-order valence-electron chi connectivity index (χ3n) is 4.03. The van der Waals surface area contributed by atoms with Crippen LogP contribution < -0.4 is 15.4 Å². The molecule has 2 aromatic carbocycles. The van der Waals surface area contributed by atoms with E-state index in [1.807, 2.05) is 24.3 Å². The zero-order chi connectivity index (χ0) is 19.8. The Hall–Kier alpha value is -3.92. The van der Waals surface area contributed by atoms with Crippen molar-refractivity contribution in [3.63, 3.8) is 0 Å². The summed E-state index contributed by atoms with van der Waals surface area (Å²) in [7, 11) is 1.63. The molecule has 140 valence electrons. The second-order valence-electron chi connectivity index (χ2n) is 5.90. The van der Waals surface area contributed by atoms with Crippen LogP contribution in [0, 0.1) is 11.3 Å². The number of para-hydroxylation sites is 1. The molecule has 0 radical (unpaired) electrons. The van der Waals surface area contributed by atoms with E-state index in [9.17, 15) is 4.79 Å². The predicted molar refractivity (Wildman–Crippen MR) is 106 cm³/mol. The molecule has 3 aromatic rings. The van der Waals surface area contributed by atoms with Crippen LogP contribution in [0.5, 0.6) is 5.75 Å². The van der Waals surface area contributed by atoms with Crippen molar-refractivity contribution < 1.29 is 9.53 Å². The summed E-state index contributed by atoms with van der Waals surface area (Å²) in [5.74, 6) is 0.829. The predicted octanol–water partition coefficient (Wildman–Crippen LogP) is 3.07. The summed E-state index contributed by atoms with van der Waals surface area (Å²) < 4.78 is 5.31. The van der Waals surface area contributed by atoms with Gasteiger partial charge in [0.15, 0.2) is 0 Å². The molecule has 0 atom stereocenters. The van der Waals surface area contributed by atoms with Gasteiger partial charge in [0, 0.05) is 18.4 Å². The van der Waals surface area contributed by atoms with Crippen LogP contribution >= 0.6 is 0 Å². The van der Waals surface area contributed by atoms with E-state index in [-0.39, 0.29) is 11.6 Å². The van der Waals surface area contributed by atoms with Crippen LogP contribution in [0.25, 0.3) is 0 Å². The van der Waals surface area contributed by atoms with Gasteiger partial charge in [0.2, 0.25) is 5.95 Å². The Bertz CT molecular complexity index is 996. The number of nitrogens with zero attached hydrogens (tertiary/aromatic N) is 3. The molecular weight excluding hydrogens is 354 g/mol. The highest BCUT2D eigenvalue weighted by Crippen LogP contribution is 2.17. The van der Waals surface area contributed by atoms with Crippen molar-refractivity contribution in [3.05, 3.63) is 77.6 Å². The lowest BCUT2D eigenvalue weighted by molar-refractivity contribution is 0.0949. The molecule has 7 heteroatoms. The lowest BCUT2D eigenvalue weighted by atomic mass is 10.1. The van der Waals surface area contributed by atoms with Crippen molar-refractivity contribution in [2.24, 2.45) is 0 Å². The average molecular weight is 373 g/mol. The van der Waals surface area contributed by atoms with Gasteiger partial charge in [0.25, 0.3) is 5.91 Å². The number of benzene rings is 2. The molecule has 1 heterocycles. The molecule has 0 spiro atoms. The first-order valence-corrected chi connectivity index (χ1v) is 8.70. The fourth-order valence-electron chi connectivity index (χ4n) is 2.61. The van der Waals surface area contributed by atoms with E-state index in [4.69, 9.17) is 10.00 Å². The van der Waals surface area contributed by atoms with E-state index in [0.29, 0.717) is 24.5 Å². The van der Waals surface area contributed by atoms with Gasteiger partial charge in [-0.1, -0.05) is 18.2 Å². The molecule has 0 aliphatic heterocycles. The molecule has 2 N–H and O–H groups in total. The number of carbonyl (C=O) groups excluding carboxylic acids is 1. The zero-order valence-electron chi connectivity index (χ0n) is 15.3. The Labute approximate surface area is 163 Å². The van der Waals surface area contributed by atoms with Crippen molar-refractivity contribution in [1.82, 2.24) is 15.3 Å². The summed E-state index contributed by atoms with van der Waals surface area (Å²) in [6.45, 7) is 0.460. The van der Waals surface area contributed by atoms with Gasteiger partial charge >= 0.3 is 0 Å². The number of methoxy groups -OCH3 is 1. The molecule has 0 unspecified atom stereocenters. The molecule has 3 rings (SSSR count). The summed E-state index contributed by atoms with van der Waals surface area (Å²) in [6, 6.07) is 18.2. The molecule has 0 aliphatic rings. The van der Waals surface area contributed by atoms with Crippen molar-refractivity contribution in [1.29, 1.82) is 5.26 Å². The monoisotopic (exact) mass is 373 g/mol. The standard InChI is InChI=1S/C21H19N5O2/c1-28-19-5-3-2-4-16(19)10-12-23-20(27)18-11-13-24-21(26-18)25-17-8-6-15(14-22)7-9-17/h2-9,11,13H,10,12H2,1H3,(H,23,27)(H,24,25,26). The van der Waals surface area contributed by atoms with Gasteiger partial charge in [0.1, 0.15) is 11.4 Å². The van der Waals surface area contributed by atoms with Crippen LogP contribution in [0.1, 0.15) is 21.6 Å². The van der Waals surface area contributed by atoms with Crippen molar-refractivity contribution in [2.45, 2.75) is 6.42 Å². The molecule has 7 nitrogen and oxygen atoms in total. The van der Waals surface area contributed by atoms with Crippen molar-refractivity contribution in [3.8, 4) is 11.8 Å². The lowest BCUT2D eigenvalue weighted by Gasteiger charge is -2.09. The quantitative estimate of drug-likeness (QED) is 0.660. The maximum absolute atomic E-state index is 12.4. The maximum atomic E-state index is 12.4. The number of ether oxygens (including phenoxy) is 1. The third-order valence-corrected chi connectivity index (χ3v) is 4.03. The van der Waals surface area contributed by atoms with Crippen LogP contribution in [-0.4, -0.2) is 29.5 Å². The normalized spacial score (nSPS) is 10.0. The van der Waals surface area contributed by atoms with Crippen LogP contribution in [0.15, 0.2) is 60.8 Å². The fraction of sp³-hybridized carbons (Fsp3) is 0.143. The second kappa shape index (κ2) is 9.14. The molecule has 0 bridgehead atoms. The van der Waals surface area contributed by atoms with E-state index < -0.39 is 0 Å². The number of nitriles is 1. The van der Waals surface area contributed by atoms with E-state index >= 15 is 0 Å². The molecule has 0 aliphatic carbocycles. The Kier molecular flexibility index (Phi) is 6.16. The number of nitrogens with one attached hydrogen (secondary N) is 2. The minimum Gasteiger partial charge on any atom is -0.496 e. The van der Waals surface area contributed by atoms with E-state index in [2.05, 4.69) is 26.7 Å². The topological polar surface area (TPSA) is 99.9 Å². The van der Waals surface area contributed by atoms with Crippen LogP contribution in [0.2, 0.25) is 0 Å². The summed E-state index contributed by atoms with van der Waals surface area (Å²) in [4.78, 5) is 20.8. The van der Waals surface area contributed by atoms with E-state index in [0.717, 1.165) is 17.0 Å². The van der Waals surface area contributed by atoms with Crippen LogP contribution in [0.3, 0.4) is 0 Å². The smallest absolute Gasteiger partial charge is 0.270 e. The number of carbonyl (C=O) groups is 1. The molecule has 1 aromatic heterocycles. The first-order chi connectivity index (χ1) is 13.7. The van der Waals surface area contributed by atoms with Crippen molar-refractivity contribution >= 4 is 17.5 Å². The highest BCUT2D eigenvalue weighted by Gasteiger charge is 2.09. The number of hydrogen-bond donors (Lipinski definition) is 2. The average Bonchev–Trinajstić information content (AvgIpc) is 2.74. The number of amides is 1. The Morgan fingerprint density at radius 2 is 1.93 bits per heavy atom. The summed E-state index contributed by atoms with van der Waals surface area (Å²) in [5.41, 5.74) is 2.59. The largest absolute Gasteiger partial charge is 0.496 e. The minimum atomic E-state index is -0.278. The first kappa shape index (κ1) is 18.9. The van der Waals surface area contributed by atoms with Crippen LogP contribution in [0.4, 0.5) is 11.6 Å². The number of aromatic nitrogens is 2. The SMILES string of the molecule is COc1ccccc1CCNC(=O)c1ccnc(Nc2ccc(C#N)cc2)n1. The van der Waals surface area contributed by atoms with Gasteiger partial charge in [-0.2, -0.15) is 5.26 Å². The summed E-state index contributed by atoms with van der Waals surface area (Å²) in [6.07, 6.45) is 2.17. The van der Waals surface area contributed by atoms with Gasteiger partial charge in [-0.25, -0.2) is 9.97 Å². The third kappa shape index (κ3) is 4.83. The number of hydrogen-bond acceptors (Lipinski definition) is 6. The molecule has 0 saturated carbocycles. The van der Waals surface area contributed by atoms with Gasteiger partial charge in [-0.05, 0) is 48.4 Å². The second-order valence-corrected chi connectivity index (χ2v) is 5.90. The van der Waals surface area contributed by atoms with Gasteiger partial charge in [-0.15, -0.1) is 0 Å². The summed E-state index contributed by atoms with van der Waals surface area (Å²) in [5, 5.41) is 14.7. The van der Waals surface area contributed by atoms with Crippen LogP contribution in [-0.2, 0) is 6.42 Å². The fourth-order valence-corrected chi connectivity index (χ4v) is 2.61. The molecule has 28 heavy (non-hydrogen) atoms. The molecule has 1 amide bonds. The molecule has 0 fully saturated rings. The Morgan fingerprint density at radius 3 is 2.68 bits per heavy atom. The van der Waals surface area contributed by atoms with E-state index in [1.54, 1.807) is 37.4 Å². The van der Waals surface area contributed by atoms with Crippen molar-refractivity contribution in [2.75, 3.05) is 19.0 Å². The lowest BCUT2D eigenvalue weighted by Crippen LogP contribution is -2.26. The molecule has 0 saturated heterocycles. The highest BCUT2D eigenvalue weighted by atomic mass is 16.5. The summed E-state index contributed by atoms with van der Waals surface area (Å²) >= 11 is 0. The van der Waals surface area contributed by atoms with Gasteiger partial charge < -0.3 is 15.4 Å². The first-order valence-electron chi connectivity index (χ1n) is 8.70. The highest BCUT2D eigenvalue weighted by molar-refractivity contribution is 5.92. The maximum Gasteiger partial charge on any atom is 0.270 e. The zero-order valence-corrected chi connectivity index (χ0v) is 15.3. The van der Waals surface area contributed by atoms with Gasteiger partial charge in [0.05, 0.1) is 18.7 Å². The number of rotatable bonds is 7. The van der Waals surface area contributed by atoms with E-state index in [1.165, 1.54) is 6.20 Å². The Balaban J connectivity index is 1.59. The van der Waals surface area contributed by atoms with Gasteiger partial charge in [-0.3, -0.25) is 4.79 Å². The Morgan fingerprint density at radius 1 is 1.14 bits per heavy atom.